The van der Waals surface area contributed by atoms with Crippen molar-refractivity contribution < 1.29 is 18.3 Å². The first-order valence-corrected chi connectivity index (χ1v) is 13.0. The summed E-state index contributed by atoms with van der Waals surface area (Å²) < 4.78 is 27.3. The third kappa shape index (κ3) is 5.90. The molecule has 1 saturated heterocycles. The number of hydrogen-bond acceptors (Lipinski definition) is 6. The average Bonchev–Trinajstić information content (AvgIpc) is 3.11. The Morgan fingerprint density at radius 3 is 2.49 bits per heavy atom. The molecule has 3 aromatic carbocycles. The zero-order chi connectivity index (χ0) is 25.0. The molecule has 0 bridgehead atoms. The molecule has 35 heavy (non-hydrogen) atoms. The minimum Gasteiger partial charge on any atom is -0.480 e. The molecule has 1 heterocycles. The molecule has 0 radical (unpaired) electrons. The third-order valence-electron chi connectivity index (χ3n) is 6.03. The van der Waals surface area contributed by atoms with E-state index in [2.05, 4.69) is 10.2 Å². The van der Waals surface area contributed by atoms with Crippen molar-refractivity contribution in [3.63, 3.8) is 0 Å². The van der Waals surface area contributed by atoms with Crippen molar-refractivity contribution in [1.29, 1.82) is 5.41 Å². The Morgan fingerprint density at radius 2 is 1.77 bits per heavy atom. The van der Waals surface area contributed by atoms with Crippen LogP contribution in [-0.4, -0.2) is 57.3 Å². The second kappa shape index (κ2) is 10.3. The maximum atomic E-state index is 13.1. The topological polar surface area (TPSA) is 140 Å². The molecule has 0 amide bonds. The van der Waals surface area contributed by atoms with Crippen LogP contribution >= 0.6 is 0 Å². The van der Waals surface area contributed by atoms with Crippen molar-refractivity contribution in [3.05, 3.63) is 71.8 Å². The van der Waals surface area contributed by atoms with Gasteiger partial charge in [0.15, 0.2) is 5.75 Å². The van der Waals surface area contributed by atoms with Crippen LogP contribution < -0.4 is 20.3 Å². The third-order valence-corrected chi connectivity index (χ3v) is 7.65. The molecule has 0 atom stereocenters. The van der Waals surface area contributed by atoms with Crippen LogP contribution in [0.2, 0.25) is 0 Å². The quantitative estimate of drug-likeness (QED) is 0.278. The number of nitrogens with zero attached hydrogens (tertiary/aromatic N) is 2. The van der Waals surface area contributed by atoms with Crippen LogP contribution in [-0.2, 0) is 21.4 Å². The van der Waals surface area contributed by atoms with Crippen LogP contribution in [0.1, 0.15) is 17.5 Å². The maximum absolute atomic E-state index is 13.1. The predicted molar refractivity (Wildman–Crippen MR) is 139 cm³/mol. The lowest BCUT2D eigenvalue weighted by molar-refractivity contribution is -0.134. The summed E-state index contributed by atoms with van der Waals surface area (Å²) in [5.41, 5.74) is 8.27. The molecule has 1 aliphatic heterocycles. The Morgan fingerprint density at radius 1 is 1.03 bits per heavy atom. The van der Waals surface area contributed by atoms with E-state index in [1.807, 2.05) is 36.4 Å². The van der Waals surface area contributed by atoms with Crippen LogP contribution in [0.3, 0.4) is 0 Å². The van der Waals surface area contributed by atoms with Gasteiger partial charge in [0.05, 0.1) is 12.2 Å². The van der Waals surface area contributed by atoms with E-state index in [1.54, 1.807) is 24.3 Å². The second-order valence-corrected chi connectivity index (χ2v) is 10.5. The Bertz CT molecular complexity index is 1330. The summed E-state index contributed by atoms with van der Waals surface area (Å²) in [6, 6.07) is 18.1. The van der Waals surface area contributed by atoms with E-state index in [1.165, 1.54) is 0 Å². The number of benzene rings is 3. The number of anilines is 2. The molecule has 0 aliphatic carbocycles. The highest BCUT2D eigenvalue weighted by molar-refractivity contribution is 7.93. The van der Waals surface area contributed by atoms with E-state index >= 15 is 0 Å². The minimum atomic E-state index is -4.14. The first-order chi connectivity index (χ1) is 16.7. The van der Waals surface area contributed by atoms with Gasteiger partial charge in [0, 0.05) is 30.9 Å². The second-order valence-electron chi connectivity index (χ2n) is 8.57. The number of nitrogen functional groups attached to an aromatic ring is 1. The molecule has 1 fully saturated rings. The summed E-state index contributed by atoms with van der Waals surface area (Å²) in [5.74, 6) is -2.47. The minimum absolute atomic E-state index is 0.0250. The van der Waals surface area contributed by atoms with Crippen molar-refractivity contribution in [3.8, 4) is 0 Å². The first kappa shape index (κ1) is 24.5. The van der Waals surface area contributed by atoms with Crippen molar-refractivity contribution in [1.82, 2.24) is 5.32 Å². The highest BCUT2D eigenvalue weighted by Gasteiger charge is 2.26. The zero-order valence-corrected chi connectivity index (χ0v) is 20.1. The number of amidine groups is 1. The predicted octanol–water partition coefficient (Wildman–Crippen LogP) is 2.34. The lowest BCUT2D eigenvalue weighted by Crippen LogP contribution is -2.35. The van der Waals surface area contributed by atoms with Gasteiger partial charge in [-0.25, -0.2) is 8.42 Å². The highest BCUT2D eigenvalue weighted by Crippen LogP contribution is 2.27. The summed E-state index contributed by atoms with van der Waals surface area (Å²) in [7, 11) is -4.14. The Balaban J connectivity index is 1.67. The number of rotatable bonds is 8. The average molecular weight is 496 g/mol. The Kier molecular flexibility index (Phi) is 7.23. The normalized spacial score (nSPS) is 14.5. The molecule has 0 unspecified atom stereocenters. The number of sulfonamides is 1. The number of carboxylic acid groups (broad SMARTS) is 1. The highest BCUT2D eigenvalue weighted by atomic mass is 32.2. The monoisotopic (exact) mass is 495 g/mol. The molecule has 9 nitrogen and oxygen atoms in total. The molecule has 3 aromatic rings. The van der Waals surface area contributed by atoms with Gasteiger partial charge in [-0.1, -0.05) is 24.3 Å². The molecule has 1 aliphatic rings. The van der Waals surface area contributed by atoms with E-state index in [-0.39, 0.29) is 12.4 Å². The molecule has 0 spiro atoms. The van der Waals surface area contributed by atoms with E-state index in [4.69, 9.17) is 11.1 Å². The van der Waals surface area contributed by atoms with E-state index in [0.29, 0.717) is 16.8 Å². The van der Waals surface area contributed by atoms with E-state index in [0.717, 1.165) is 53.4 Å². The maximum Gasteiger partial charge on any atom is 0.320 e. The summed E-state index contributed by atoms with van der Waals surface area (Å²) >= 11 is 0. The van der Waals surface area contributed by atoms with Crippen molar-refractivity contribution in [2.45, 2.75) is 13.0 Å². The molecule has 4 rings (SSSR count). The van der Waals surface area contributed by atoms with E-state index in [9.17, 15) is 18.3 Å². The van der Waals surface area contributed by atoms with Gasteiger partial charge in [-0.15, -0.1) is 0 Å². The van der Waals surface area contributed by atoms with Gasteiger partial charge >= 0.3 is 5.97 Å². The fraction of sp³-hybridized carbons (Fsp3) is 0.280. The number of fused-ring (bicyclic) bond motifs is 1. The summed E-state index contributed by atoms with van der Waals surface area (Å²) in [4.78, 5) is 13.6. The zero-order valence-electron chi connectivity index (χ0n) is 19.3. The fourth-order valence-electron chi connectivity index (χ4n) is 4.25. The number of nitrogens with two attached hydrogens (primary N) is 1. The van der Waals surface area contributed by atoms with Crippen LogP contribution in [0.4, 0.5) is 11.4 Å². The molecule has 5 N–H and O–H groups in total. The molecular weight excluding hydrogens is 466 g/mol. The molecule has 184 valence electrons. The largest absolute Gasteiger partial charge is 0.480 e. The SMILES string of the molecule is N=C(N)c1ccc2ccc(CN(c3ccc(N4CCCNCC4)cc3)S(=O)(=O)CC(=O)O)cc2c1. The lowest BCUT2D eigenvalue weighted by Gasteiger charge is -2.26. The summed E-state index contributed by atoms with van der Waals surface area (Å²) in [5, 5.41) is 22.0. The molecular formula is C25H29N5O4S. The van der Waals surface area contributed by atoms with Gasteiger partial charge in [0.1, 0.15) is 5.84 Å². The fourth-order valence-corrected chi connectivity index (χ4v) is 5.50. The number of carboxylic acids is 1. The van der Waals surface area contributed by atoms with Crippen molar-refractivity contribution >= 4 is 44.0 Å². The molecule has 0 saturated carbocycles. The van der Waals surface area contributed by atoms with Crippen LogP contribution in [0, 0.1) is 5.41 Å². The molecule has 10 heteroatoms. The van der Waals surface area contributed by atoms with Gasteiger partial charge in [0.25, 0.3) is 0 Å². The Hall–Kier alpha value is -3.63. The standard InChI is InChI=1S/C25H29N5O4S/c26-25(27)20-5-4-19-3-2-18(14-21(19)15-20)16-30(35(33,34)17-24(31)32)23-8-6-22(7-9-23)29-12-1-10-28-11-13-29/h2-9,14-15,28H,1,10-13,16-17H2,(H3,26,27)(H,31,32). The smallest absolute Gasteiger partial charge is 0.320 e. The summed E-state index contributed by atoms with van der Waals surface area (Å²) in [6.07, 6.45) is 1.02. The number of carbonyl (C=O) groups is 1. The number of aliphatic carboxylic acids is 1. The lowest BCUT2D eigenvalue weighted by atomic mass is 10.0. The van der Waals surface area contributed by atoms with Crippen LogP contribution in [0.5, 0.6) is 0 Å². The van der Waals surface area contributed by atoms with Crippen molar-refractivity contribution in [2.24, 2.45) is 5.73 Å². The Labute approximate surface area is 204 Å². The number of nitrogens with one attached hydrogen (secondary N) is 2. The van der Waals surface area contributed by atoms with Gasteiger partial charge in [-0.05, 0) is 65.7 Å². The van der Waals surface area contributed by atoms with Gasteiger partial charge < -0.3 is 21.1 Å². The number of hydrogen-bond donors (Lipinski definition) is 4. The van der Waals surface area contributed by atoms with Gasteiger partial charge in [-0.3, -0.25) is 14.5 Å². The van der Waals surface area contributed by atoms with Crippen LogP contribution in [0.15, 0.2) is 60.7 Å². The molecule has 0 aromatic heterocycles. The van der Waals surface area contributed by atoms with Crippen LogP contribution in [0.25, 0.3) is 10.8 Å². The summed E-state index contributed by atoms with van der Waals surface area (Å²) in [6.45, 7) is 3.60. The van der Waals surface area contributed by atoms with Gasteiger partial charge in [0.2, 0.25) is 10.0 Å². The first-order valence-electron chi connectivity index (χ1n) is 11.4. The van der Waals surface area contributed by atoms with E-state index < -0.39 is 21.7 Å². The van der Waals surface area contributed by atoms with Gasteiger partial charge in [-0.2, -0.15) is 0 Å². The van der Waals surface area contributed by atoms with Crippen molar-refractivity contribution in [2.75, 3.05) is 41.1 Å².